The summed E-state index contributed by atoms with van der Waals surface area (Å²) < 4.78 is 1.80. The van der Waals surface area contributed by atoms with Crippen LogP contribution >= 0.6 is 0 Å². The Bertz CT molecular complexity index is 644. The molecule has 0 bridgehead atoms. The zero-order chi connectivity index (χ0) is 13.8. The summed E-state index contributed by atoms with van der Waals surface area (Å²) in [5.74, 6) is 0.742. The maximum atomic E-state index is 4.23. The lowest BCUT2D eigenvalue weighted by atomic mass is 10.2. The lowest BCUT2D eigenvalue weighted by Crippen LogP contribution is -2.25. The predicted molar refractivity (Wildman–Crippen MR) is 73.3 cm³/mol. The van der Waals surface area contributed by atoms with Gasteiger partial charge in [0, 0.05) is 0 Å². The molecule has 3 rings (SSSR count). The molecule has 20 heavy (non-hydrogen) atoms. The van der Waals surface area contributed by atoms with Crippen LogP contribution in [0.5, 0.6) is 0 Å². The van der Waals surface area contributed by atoms with E-state index in [4.69, 9.17) is 0 Å². The van der Waals surface area contributed by atoms with E-state index in [-0.39, 0.29) is 6.04 Å². The average molecular weight is 269 g/mol. The van der Waals surface area contributed by atoms with Crippen LogP contribution in [0.4, 0.5) is 0 Å². The highest BCUT2D eigenvalue weighted by Crippen LogP contribution is 2.20. The van der Waals surface area contributed by atoms with E-state index >= 15 is 0 Å². The van der Waals surface area contributed by atoms with Gasteiger partial charge in [0.05, 0.1) is 17.6 Å². The molecule has 7 heteroatoms. The number of aromatic nitrogens is 6. The maximum absolute atomic E-state index is 4.23. The molecule has 2 N–H and O–H groups in total. The van der Waals surface area contributed by atoms with Gasteiger partial charge in [-0.1, -0.05) is 30.3 Å². The first-order valence-corrected chi connectivity index (χ1v) is 6.45. The van der Waals surface area contributed by atoms with Gasteiger partial charge >= 0.3 is 0 Å². The fourth-order valence-electron chi connectivity index (χ4n) is 2.11. The highest BCUT2D eigenvalue weighted by atomic mass is 15.4. The fourth-order valence-corrected chi connectivity index (χ4v) is 2.11. The second-order valence-electron chi connectivity index (χ2n) is 4.27. The van der Waals surface area contributed by atoms with Crippen molar-refractivity contribution in [3.8, 4) is 5.69 Å². The lowest BCUT2D eigenvalue weighted by Gasteiger charge is -2.16. The van der Waals surface area contributed by atoms with E-state index in [0.29, 0.717) is 0 Å². The van der Waals surface area contributed by atoms with Gasteiger partial charge in [0.1, 0.15) is 18.2 Å². The van der Waals surface area contributed by atoms with Crippen LogP contribution in [0.1, 0.15) is 24.5 Å². The summed E-state index contributed by atoms with van der Waals surface area (Å²) in [6.07, 6.45) is 3.24. The van der Waals surface area contributed by atoms with Crippen LogP contribution in [0, 0.1) is 0 Å². The summed E-state index contributed by atoms with van der Waals surface area (Å²) in [5, 5.41) is 18.4. The molecule has 1 unspecified atom stereocenters. The number of aromatic amines is 1. The summed E-state index contributed by atoms with van der Waals surface area (Å²) in [7, 11) is 0. The van der Waals surface area contributed by atoms with E-state index in [9.17, 15) is 0 Å². The Morgan fingerprint density at radius 3 is 2.85 bits per heavy atom. The third kappa shape index (κ3) is 2.30. The fraction of sp³-hybridized carbons (Fsp3) is 0.231. The molecule has 0 spiro atoms. The van der Waals surface area contributed by atoms with E-state index in [1.807, 2.05) is 37.3 Å². The van der Waals surface area contributed by atoms with E-state index in [0.717, 1.165) is 23.8 Å². The molecule has 0 aliphatic heterocycles. The van der Waals surface area contributed by atoms with Gasteiger partial charge in [0.25, 0.3) is 0 Å². The molecule has 0 saturated carbocycles. The average Bonchev–Trinajstić information content (AvgIpc) is 3.17. The molecule has 2 heterocycles. The van der Waals surface area contributed by atoms with Crippen LogP contribution in [-0.4, -0.2) is 36.7 Å². The molecular formula is C13H15N7. The number of nitrogens with one attached hydrogen (secondary N) is 2. The second kappa shape index (κ2) is 5.62. The first-order chi connectivity index (χ1) is 9.90. The highest BCUT2D eigenvalue weighted by molar-refractivity contribution is 5.33. The van der Waals surface area contributed by atoms with Gasteiger partial charge in [0.2, 0.25) is 0 Å². The van der Waals surface area contributed by atoms with E-state index in [1.165, 1.54) is 6.33 Å². The molecule has 0 radical (unpaired) electrons. The van der Waals surface area contributed by atoms with Gasteiger partial charge in [-0.2, -0.15) is 5.10 Å². The van der Waals surface area contributed by atoms with Gasteiger partial charge in [-0.3, -0.25) is 5.10 Å². The van der Waals surface area contributed by atoms with Crippen LogP contribution in [0.2, 0.25) is 0 Å². The molecule has 0 aliphatic rings. The molecule has 7 nitrogen and oxygen atoms in total. The second-order valence-corrected chi connectivity index (χ2v) is 4.27. The van der Waals surface area contributed by atoms with Crippen LogP contribution in [-0.2, 0) is 0 Å². The summed E-state index contributed by atoms with van der Waals surface area (Å²) >= 11 is 0. The molecule has 1 atom stereocenters. The molecule has 1 aromatic carbocycles. The smallest absolute Gasteiger partial charge is 0.147 e. The Hall–Kier alpha value is -2.54. The van der Waals surface area contributed by atoms with Crippen LogP contribution in [0.15, 0.2) is 42.9 Å². The molecule has 0 fully saturated rings. The topological polar surface area (TPSA) is 84.3 Å². The number of hydrogen-bond acceptors (Lipinski definition) is 5. The molecule has 102 valence electrons. The first-order valence-electron chi connectivity index (χ1n) is 6.45. The van der Waals surface area contributed by atoms with Crippen molar-refractivity contribution in [3.05, 3.63) is 54.4 Å². The predicted octanol–water partition coefficient (Wildman–Crippen LogP) is 1.08. The van der Waals surface area contributed by atoms with Crippen molar-refractivity contribution in [2.75, 3.05) is 6.54 Å². The zero-order valence-electron chi connectivity index (χ0n) is 11.1. The highest BCUT2D eigenvalue weighted by Gasteiger charge is 2.21. The van der Waals surface area contributed by atoms with E-state index in [1.54, 1.807) is 10.9 Å². The van der Waals surface area contributed by atoms with Crippen molar-refractivity contribution in [2.24, 2.45) is 0 Å². The Morgan fingerprint density at radius 1 is 1.30 bits per heavy atom. The van der Waals surface area contributed by atoms with Crippen LogP contribution in [0.3, 0.4) is 0 Å². The van der Waals surface area contributed by atoms with Gasteiger partial charge in [0.15, 0.2) is 0 Å². The minimum atomic E-state index is -0.127. The van der Waals surface area contributed by atoms with Crippen molar-refractivity contribution in [1.82, 2.24) is 35.5 Å². The number of H-pyrrole nitrogens is 1. The quantitative estimate of drug-likeness (QED) is 0.724. The monoisotopic (exact) mass is 269 g/mol. The molecule has 0 saturated heterocycles. The third-order valence-corrected chi connectivity index (χ3v) is 2.99. The maximum Gasteiger partial charge on any atom is 0.147 e. The van der Waals surface area contributed by atoms with Gasteiger partial charge in [-0.25, -0.2) is 9.67 Å². The van der Waals surface area contributed by atoms with Gasteiger partial charge in [-0.15, -0.1) is 5.10 Å². The Morgan fingerprint density at radius 2 is 2.15 bits per heavy atom. The van der Waals surface area contributed by atoms with Crippen LogP contribution in [0.25, 0.3) is 5.69 Å². The largest absolute Gasteiger partial charge is 0.303 e. The minimum absolute atomic E-state index is 0.127. The molecule has 3 aromatic rings. The Labute approximate surface area is 116 Å². The molecule has 0 aliphatic carbocycles. The van der Waals surface area contributed by atoms with Crippen molar-refractivity contribution < 1.29 is 0 Å². The Balaban J connectivity index is 2.03. The summed E-state index contributed by atoms with van der Waals surface area (Å²) in [6.45, 7) is 2.84. The van der Waals surface area contributed by atoms with Crippen molar-refractivity contribution in [2.45, 2.75) is 13.0 Å². The SMILES string of the molecule is CCNC(c1ncn[nH]1)c1cnnn1-c1ccccc1. The van der Waals surface area contributed by atoms with Crippen molar-refractivity contribution in [1.29, 1.82) is 0 Å². The number of nitrogens with zero attached hydrogens (tertiary/aromatic N) is 5. The molecule has 0 amide bonds. The lowest BCUT2D eigenvalue weighted by molar-refractivity contribution is 0.566. The number of hydrogen-bond donors (Lipinski definition) is 2. The minimum Gasteiger partial charge on any atom is -0.303 e. The summed E-state index contributed by atoms with van der Waals surface area (Å²) in [6, 6.07) is 9.76. The van der Waals surface area contributed by atoms with Gasteiger partial charge < -0.3 is 5.32 Å². The standard InChI is InChI=1S/C13H15N7/c1-2-14-12(13-15-9-17-18-13)11-8-16-19-20(11)10-6-4-3-5-7-10/h3-9,12,14H,2H2,1H3,(H,15,17,18). The number of benzene rings is 1. The van der Waals surface area contributed by atoms with E-state index < -0.39 is 0 Å². The number of para-hydroxylation sites is 1. The van der Waals surface area contributed by atoms with Crippen molar-refractivity contribution >= 4 is 0 Å². The first kappa shape index (κ1) is 12.5. The van der Waals surface area contributed by atoms with Crippen molar-refractivity contribution in [3.63, 3.8) is 0 Å². The van der Waals surface area contributed by atoms with Gasteiger partial charge in [-0.05, 0) is 18.7 Å². The van der Waals surface area contributed by atoms with Crippen LogP contribution < -0.4 is 5.32 Å². The molecule has 2 aromatic heterocycles. The summed E-state index contributed by atoms with van der Waals surface area (Å²) in [4.78, 5) is 4.23. The molecular weight excluding hydrogens is 254 g/mol. The van der Waals surface area contributed by atoms with E-state index in [2.05, 4.69) is 30.8 Å². The zero-order valence-corrected chi connectivity index (χ0v) is 11.1. The number of rotatable bonds is 5. The third-order valence-electron chi connectivity index (χ3n) is 2.99. The Kier molecular flexibility index (Phi) is 3.51. The normalized spacial score (nSPS) is 12.4. The summed E-state index contributed by atoms with van der Waals surface area (Å²) in [5.41, 5.74) is 1.87.